The molecule has 1 heterocycles. The Morgan fingerprint density at radius 3 is 2.83 bits per heavy atom. The molecule has 0 aliphatic carbocycles. The summed E-state index contributed by atoms with van der Waals surface area (Å²) in [7, 11) is 3.44. The Bertz CT molecular complexity index is 642. The molecule has 1 aromatic rings. The number of amides is 1. The van der Waals surface area contributed by atoms with Crippen LogP contribution >= 0.6 is 24.0 Å². The maximum absolute atomic E-state index is 12.0. The predicted molar refractivity (Wildman–Crippen MR) is 128 cm³/mol. The van der Waals surface area contributed by atoms with Crippen molar-refractivity contribution in [3.8, 4) is 5.75 Å². The number of aliphatic imine (C=N–C) groups is 1. The SMILES string of the molecule is CCC(CCNC(=NC)Nc1cccc(OCCCOC)c1)N1CCCC1=O.I. The van der Waals surface area contributed by atoms with Crippen molar-refractivity contribution in [1.29, 1.82) is 0 Å². The fraction of sp³-hybridized carbons (Fsp3) is 0.619. The fourth-order valence-electron chi connectivity index (χ4n) is 3.37. The van der Waals surface area contributed by atoms with Crippen molar-refractivity contribution in [2.75, 3.05) is 45.8 Å². The second-order valence-electron chi connectivity index (χ2n) is 6.89. The number of hydrogen-bond acceptors (Lipinski definition) is 4. The highest BCUT2D eigenvalue weighted by Crippen LogP contribution is 2.19. The van der Waals surface area contributed by atoms with E-state index >= 15 is 0 Å². The third kappa shape index (κ3) is 8.77. The molecule has 1 atom stereocenters. The van der Waals surface area contributed by atoms with Crippen molar-refractivity contribution >= 4 is 41.5 Å². The maximum atomic E-state index is 12.0. The Morgan fingerprint density at radius 2 is 2.17 bits per heavy atom. The summed E-state index contributed by atoms with van der Waals surface area (Å²) in [5.41, 5.74) is 0.916. The Balaban J connectivity index is 0.00000420. The van der Waals surface area contributed by atoms with Gasteiger partial charge in [-0.15, -0.1) is 24.0 Å². The number of halogens is 1. The zero-order chi connectivity index (χ0) is 20.2. The zero-order valence-electron chi connectivity index (χ0n) is 17.8. The molecule has 0 radical (unpaired) electrons. The number of carbonyl (C=O) groups is 1. The van der Waals surface area contributed by atoms with Gasteiger partial charge in [-0.2, -0.15) is 0 Å². The fourth-order valence-corrected chi connectivity index (χ4v) is 3.37. The number of rotatable bonds is 11. The maximum Gasteiger partial charge on any atom is 0.222 e. The molecule has 8 heteroatoms. The van der Waals surface area contributed by atoms with Gasteiger partial charge in [0.05, 0.1) is 6.61 Å². The second-order valence-corrected chi connectivity index (χ2v) is 6.89. The first-order chi connectivity index (χ1) is 13.7. The van der Waals surface area contributed by atoms with Crippen LogP contribution in [0.2, 0.25) is 0 Å². The van der Waals surface area contributed by atoms with Gasteiger partial charge in [0.25, 0.3) is 0 Å². The minimum absolute atomic E-state index is 0. The lowest BCUT2D eigenvalue weighted by Gasteiger charge is -2.27. The van der Waals surface area contributed by atoms with Crippen LogP contribution in [0.3, 0.4) is 0 Å². The molecule has 1 aliphatic heterocycles. The number of carbonyl (C=O) groups excluding carboxylic acids is 1. The summed E-state index contributed by atoms with van der Waals surface area (Å²) >= 11 is 0. The molecule has 0 aromatic heterocycles. The van der Waals surface area contributed by atoms with Crippen molar-refractivity contribution in [3.63, 3.8) is 0 Å². The molecule has 29 heavy (non-hydrogen) atoms. The smallest absolute Gasteiger partial charge is 0.222 e. The summed E-state index contributed by atoms with van der Waals surface area (Å²) in [6.45, 7) is 5.10. The summed E-state index contributed by atoms with van der Waals surface area (Å²) in [5.74, 6) is 1.81. The van der Waals surface area contributed by atoms with Gasteiger partial charge in [0.1, 0.15) is 5.75 Å². The standard InChI is InChI=1S/C21H34N4O3.HI/c1-4-18(25-13-6-10-20(25)26)11-12-23-21(22-2)24-17-8-5-9-19(16-17)28-15-7-14-27-3;/h5,8-9,16,18H,4,6-7,10-15H2,1-3H3,(H2,22,23,24);1H. The van der Waals surface area contributed by atoms with Crippen molar-refractivity contribution < 1.29 is 14.3 Å². The first-order valence-corrected chi connectivity index (χ1v) is 10.2. The molecule has 2 rings (SSSR count). The summed E-state index contributed by atoms with van der Waals surface area (Å²) in [4.78, 5) is 18.3. The van der Waals surface area contributed by atoms with Crippen molar-refractivity contribution in [2.24, 2.45) is 4.99 Å². The number of ether oxygens (including phenoxy) is 2. The third-order valence-corrected chi connectivity index (χ3v) is 4.87. The lowest BCUT2D eigenvalue weighted by molar-refractivity contribution is -0.129. The van der Waals surface area contributed by atoms with Gasteiger partial charge >= 0.3 is 0 Å². The van der Waals surface area contributed by atoms with Crippen LogP contribution in [0.15, 0.2) is 29.3 Å². The van der Waals surface area contributed by atoms with Gasteiger partial charge < -0.3 is 25.0 Å². The molecule has 1 amide bonds. The first-order valence-electron chi connectivity index (χ1n) is 10.2. The molecule has 1 saturated heterocycles. The zero-order valence-corrected chi connectivity index (χ0v) is 20.1. The Kier molecular flexibility index (Phi) is 12.7. The van der Waals surface area contributed by atoms with Crippen LogP contribution in [0, 0.1) is 0 Å². The second kappa shape index (κ2) is 14.4. The van der Waals surface area contributed by atoms with Crippen LogP contribution < -0.4 is 15.4 Å². The van der Waals surface area contributed by atoms with E-state index in [1.54, 1.807) is 14.2 Å². The molecule has 1 aliphatic rings. The van der Waals surface area contributed by atoms with E-state index in [9.17, 15) is 4.79 Å². The Labute approximate surface area is 191 Å². The lowest BCUT2D eigenvalue weighted by Crippen LogP contribution is -2.39. The van der Waals surface area contributed by atoms with Gasteiger partial charge in [0, 0.05) is 64.5 Å². The van der Waals surface area contributed by atoms with Gasteiger partial charge in [-0.1, -0.05) is 13.0 Å². The van der Waals surface area contributed by atoms with E-state index in [1.807, 2.05) is 29.2 Å². The summed E-state index contributed by atoms with van der Waals surface area (Å²) in [6.07, 6.45) is 4.41. The summed E-state index contributed by atoms with van der Waals surface area (Å²) < 4.78 is 10.8. The minimum atomic E-state index is 0. The summed E-state index contributed by atoms with van der Waals surface area (Å²) in [5, 5.41) is 6.64. The van der Waals surface area contributed by atoms with Crippen molar-refractivity contribution in [2.45, 2.75) is 45.1 Å². The van der Waals surface area contributed by atoms with Gasteiger partial charge in [-0.3, -0.25) is 9.79 Å². The summed E-state index contributed by atoms with van der Waals surface area (Å²) in [6, 6.07) is 8.12. The van der Waals surface area contributed by atoms with Crippen LogP contribution in [0.5, 0.6) is 5.75 Å². The highest BCUT2D eigenvalue weighted by molar-refractivity contribution is 14.0. The number of hydrogen-bond donors (Lipinski definition) is 2. The molecule has 0 bridgehead atoms. The van der Waals surface area contributed by atoms with E-state index in [4.69, 9.17) is 9.47 Å². The van der Waals surface area contributed by atoms with E-state index in [2.05, 4.69) is 22.5 Å². The van der Waals surface area contributed by atoms with Gasteiger partial charge in [0.2, 0.25) is 5.91 Å². The van der Waals surface area contributed by atoms with Crippen molar-refractivity contribution in [3.05, 3.63) is 24.3 Å². The predicted octanol–water partition coefficient (Wildman–Crippen LogP) is 3.50. The van der Waals surface area contributed by atoms with Crippen LogP contribution in [-0.2, 0) is 9.53 Å². The van der Waals surface area contributed by atoms with E-state index in [1.165, 1.54) is 0 Å². The molecule has 1 aromatic carbocycles. The number of nitrogens with one attached hydrogen (secondary N) is 2. The number of benzene rings is 1. The van der Waals surface area contributed by atoms with E-state index in [-0.39, 0.29) is 29.9 Å². The van der Waals surface area contributed by atoms with Crippen LogP contribution in [0.4, 0.5) is 5.69 Å². The minimum Gasteiger partial charge on any atom is -0.493 e. The van der Waals surface area contributed by atoms with Crippen LogP contribution in [0.1, 0.15) is 39.0 Å². The third-order valence-electron chi connectivity index (χ3n) is 4.87. The molecule has 0 saturated carbocycles. The Morgan fingerprint density at radius 1 is 1.34 bits per heavy atom. The largest absolute Gasteiger partial charge is 0.493 e. The highest BCUT2D eigenvalue weighted by atomic mass is 127. The molecule has 1 fully saturated rings. The average Bonchev–Trinajstić information content (AvgIpc) is 3.14. The first kappa shape index (κ1) is 25.5. The van der Waals surface area contributed by atoms with E-state index in [0.717, 1.165) is 50.2 Å². The topological polar surface area (TPSA) is 75.2 Å². The van der Waals surface area contributed by atoms with Crippen molar-refractivity contribution in [1.82, 2.24) is 10.2 Å². The quantitative estimate of drug-likeness (QED) is 0.203. The number of likely N-dealkylation sites (tertiary alicyclic amines) is 1. The van der Waals surface area contributed by atoms with Gasteiger partial charge in [-0.25, -0.2) is 0 Å². The average molecular weight is 518 g/mol. The molecule has 7 nitrogen and oxygen atoms in total. The lowest BCUT2D eigenvalue weighted by atomic mass is 10.1. The molecular weight excluding hydrogens is 483 g/mol. The molecule has 2 N–H and O–H groups in total. The number of nitrogens with zero attached hydrogens (tertiary/aromatic N) is 2. The molecule has 164 valence electrons. The van der Waals surface area contributed by atoms with Gasteiger partial charge in [-0.05, 0) is 31.4 Å². The van der Waals surface area contributed by atoms with E-state index in [0.29, 0.717) is 31.6 Å². The van der Waals surface area contributed by atoms with Gasteiger partial charge in [0.15, 0.2) is 5.96 Å². The van der Waals surface area contributed by atoms with E-state index < -0.39 is 0 Å². The van der Waals surface area contributed by atoms with Crippen LogP contribution in [0.25, 0.3) is 0 Å². The molecule has 1 unspecified atom stereocenters. The molecular formula is C21H35IN4O3. The normalized spacial score (nSPS) is 15.1. The molecule has 0 spiro atoms. The monoisotopic (exact) mass is 518 g/mol. The number of anilines is 1. The highest BCUT2D eigenvalue weighted by Gasteiger charge is 2.26. The Hall–Kier alpha value is -1.55. The number of guanidine groups is 1. The van der Waals surface area contributed by atoms with Crippen LogP contribution in [-0.4, -0.2) is 63.3 Å². The number of methoxy groups -OCH3 is 1.